The van der Waals surface area contributed by atoms with Crippen LogP contribution < -0.4 is 0 Å². The molecular formula is C60H66N2O6. The summed E-state index contributed by atoms with van der Waals surface area (Å²) in [5.74, 6) is -1.10. The second-order valence-electron chi connectivity index (χ2n) is 19.4. The largest absolute Gasteiger partial charge is 0.454 e. The molecule has 2 N–H and O–H groups in total. The number of H-pyrrole nitrogens is 2. The molecule has 2 heterocycles. The average Bonchev–Trinajstić information content (AvgIpc) is 3.89. The van der Waals surface area contributed by atoms with E-state index in [9.17, 15) is 19.2 Å². The van der Waals surface area contributed by atoms with Gasteiger partial charge in [-0.25, -0.2) is 0 Å². The molecule has 8 nitrogen and oxygen atoms in total. The van der Waals surface area contributed by atoms with E-state index in [-0.39, 0.29) is 35.2 Å². The van der Waals surface area contributed by atoms with Crippen LogP contribution in [0.15, 0.2) is 191 Å². The molecule has 0 saturated heterocycles. The molecule has 8 heteroatoms. The number of carbonyl (C=O) groups is 4. The normalized spacial score (nSPS) is 20.0. The van der Waals surface area contributed by atoms with Gasteiger partial charge in [0.15, 0.2) is 23.8 Å². The predicted octanol–water partition coefficient (Wildman–Crippen LogP) is 13.5. The van der Waals surface area contributed by atoms with Gasteiger partial charge in [-0.15, -0.1) is 0 Å². The number of carbonyl (C=O) groups excluding carboxylic acids is 4. The first-order chi connectivity index (χ1) is 32.3. The van der Waals surface area contributed by atoms with Gasteiger partial charge >= 0.3 is 11.9 Å². The van der Waals surface area contributed by atoms with E-state index < -0.39 is 24.1 Å². The number of fused-ring (bicyclic) bond motifs is 2. The Morgan fingerprint density at radius 2 is 0.912 bits per heavy atom. The zero-order valence-corrected chi connectivity index (χ0v) is 41.3. The van der Waals surface area contributed by atoms with Gasteiger partial charge in [-0.2, -0.15) is 0 Å². The third kappa shape index (κ3) is 12.9. The van der Waals surface area contributed by atoms with Crippen molar-refractivity contribution in [3.05, 3.63) is 202 Å². The van der Waals surface area contributed by atoms with Gasteiger partial charge in [0.1, 0.15) is 0 Å². The highest BCUT2D eigenvalue weighted by Crippen LogP contribution is 2.42. The van der Waals surface area contributed by atoms with Crippen LogP contribution in [-0.4, -0.2) is 45.7 Å². The lowest BCUT2D eigenvalue weighted by Gasteiger charge is -2.36. The SMILES string of the molecule is CC1=C(/C=C/C(C)=C/C=C/C(C)=C/C=C/C=C(C)/C=C/C=C(C)/C=C/C2=C(C)C(=O)[C@@H](OC(=O)Cc3c[nH]c4ccccc34)CC2(C)C)C(C)(C)C[C@H](OC(=O)Cc2c[nH]c3ccccc23)C1=O. The first-order valence-electron chi connectivity index (χ1n) is 23.4. The van der Waals surface area contributed by atoms with Crippen molar-refractivity contribution < 1.29 is 28.7 Å². The lowest BCUT2D eigenvalue weighted by atomic mass is 9.71. The Morgan fingerprint density at radius 3 is 1.31 bits per heavy atom. The van der Waals surface area contributed by atoms with Gasteiger partial charge < -0.3 is 19.4 Å². The minimum atomic E-state index is -0.807. The smallest absolute Gasteiger partial charge is 0.311 e. The number of aromatic nitrogens is 2. The van der Waals surface area contributed by atoms with Gasteiger partial charge in [-0.05, 0) is 97.9 Å². The maximum atomic E-state index is 13.4. The van der Waals surface area contributed by atoms with E-state index in [1.54, 1.807) is 0 Å². The first kappa shape index (κ1) is 50.4. The summed E-state index contributed by atoms with van der Waals surface area (Å²) < 4.78 is 11.6. The van der Waals surface area contributed by atoms with Gasteiger partial charge in [0.2, 0.25) is 0 Å². The molecule has 2 aromatic heterocycles. The summed E-state index contributed by atoms with van der Waals surface area (Å²) in [6.45, 7) is 20.2. The number of para-hydroxylation sites is 2. The maximum Gasteiger partial charge on any atom is 0.311 e. The second kappa shape index (κ2) is 22.2. The topological polar surface area (TPSA) is 118 Å². The number of aromatic amines is 2. The van der Waals surface area contributed by atoms with Gasteiger partial charge in [0, 0.05) is 47.0 Å². The predicted molar refractivity (Wildman–Crippen MR) is 277 cm³/mol. The zero-order valence-electron chi connectivity index (χ0n) is 41.3. The number of esters is 2. The van der Waals surface area contributed by atoms with Crippen molar-refractivity contribution in [2.75, 3.05) is 0 Å². The molecule has 0 spiro atoms. The van der Waals surface area contributed by atoms with Crippen molar-refractivity contribution in [3.8, 4) is 0 Å². The molecule has 0 bridgehead atoms. The minimum Gasteiger partial charge on any atom is -0.454 e. The average molecular weight is 911 g/mol. The van der Waals surface area contributed by atoms with E-state index in [1.165, 1.54) is 0 Å². The molecule has 352 valence electrons. The quantitative estimate of drug-likeness (QED) is 0.0854. The summed E-state index contributed by atoms with van der Waals surface area (Å²) in [5, 5.41) is 1.96. The molecule has 2 atom stereocenters. The van der Waals surface area contributed by atoms with E-state index in [0.717, 1.165) is 66.4 Å². The van der Waals surface area contributed by atoms with Crippen LogP contribution in [0, 0.1) is 10.8 Å². The number of rotatable bonds is 16. The monoisotopic (exact) mass is 910 g/mol. The Labute approximate surface area is 402 Å². The van der Waals surface area contributed by atoms with Gasteiger partial charge in [0.05, 0.1) is 12.8 Å². The third-order valence-corrected chi connectivity index (χ3v) is 12.8. The fourth-order valence-corrected chi connectivity index (χ4v) is 9.02. The van der Waals surface area contributed by atoms with Crippen molar-refractivity contribution in [1.29, 1.82) is 0 Å². The lowest BCUT2D eigenvalue weighted by molar-refractivity contribution is -0.155. The summed E-state index contributed by atoms with van der Waals surface area (Å²) in [4.78, 5) is 59.1. The third-order valence-electron chi connectivity index (χ3n) is 12.8. The lowest BCUT2D eigenvalue weighted by Crippen LogP contribution is -2.39. The Morgan fingerprint density at radius 1 is 0.559 bits per heavy atom. The van der Waals surface area contributed by atoms with Crippen LogP contribution in [0.5, 0.6) is 0 Å². The highest BCUT2D eigenvalue weighted by Gasteiger charge is 2.41. The van der Waals surface area contributed by atoms with E-state index in [1.807, 2.05) is 163 Å². The summed E-state index contributed by atoms with van der Waals surface area (Å²) >= 11 is 0. The van der Waals surface area contributed by atoms with E-state index in [2.05, 4.69) is 62.0 Å². The molecule has 0 fully saturated rings. The van der Waals surface area contributed by atoms with Crippen LogP contribution in [0.3, 0.4) is 0 Å². The van der Waals surface area contributed by atoms with E-state index in [4.69, 9.17) is 9.47 Å². The fraction of sp³-hybridized carbons (Fsp3) is 0.300. The number of Topliss-reactive ketones (excluding diaryl/α,β-unsaturated/α-hetero) is 2. The molecular weight excluding hydrogens is 845 g/mol. The fourth-order valence-electron chi connectivity index (χ4n) is 9.02. The molecule has 4 aromatic rings. The summed E-state index contributed by atoms with van der Waals surface area (Å²) in [5.41, 5.74) is 10.3. The van der Waals surface area contributed by atoms with Crippen LogP contribution in [0.1, 0.15) is 93.2 Å². The molecule has 68 heavy (non-hydrogen) atoms. The van der Waals surface area contributed by atoms with Crippen molar-refractivity contribution >= 4 is 45.3 Å². The molecule has 0 aliphatic heterocycles. The highest BCUT2D eigenvalue weighted by molar-refractivity contribution is 6.03. The van der Waals surface area contributed by atoms with Crippen molar-refractivity contribution in [1.82, 2.24) is 9.97 Å². The molecule has 0 radical (unpaired) electrons. The zero-order chi connectivity index (χ0) is 49.2. The molecule has 0 saturated carbocycles. The molecule has 2 aliphatic rings. The summed E-state index contributed by atoms with van der Waals surface area (Å²) in [6.07, 6.45) is 31.5. The number of ketones is 2. The van der Waals surface area contributed by atoms with E-state index in [0.29, 0.717) is 24.0 Å². The minimum absolute atomic E-state index is 0.102. The number of nitrogens with one attached hydrogen (secondary N) is 2. The van der Waals surface area contributed by atoms with E-state index >= 15 is 0 Å². The maximum absolute atomic E-state index is 13.4. The Kier molecular flexibility index (Phi) is 16.4. The van der Waals surface area contributed by atoms with Crippen LogP contribution >= 0.6 is 0 Å². The Balaban J connectivity index is 0.963. The van der Waals surface area contributed by atoms with Gasteiger partial charge in [-0.3, -0.25) is 19.2 Å². The summed E-state index contributed by atoms with van der Waals surface area (Å²) in [7, 11) is 0. The Hall–Kier alpha value is -7.06. The van der Waals surface area contributed by atoms with Crippen molar-refractivity contribution in [2.45, 2.75) is 107 Å². The van der Waals surface area contributed by atoms with Crippen LogP contribution in [0.25, 0.3) is 21.8 Å². The number of hydrogen-bond donors (Lipinski definition) is 2. The molecule has 0 amide bonds. The van der Waals surface area contributed by atoms with Crippen molar-refractivity contribution in [2.24, 2.45) is 10.8 Å². The standard InChI is InChI=1S/C60H66N2O6/c1-39(21-17-23-41(3)29-31-49-43(5)57(65)53(35-59(49,7)8)67-55(63)33-45-37-61-51-27-15-13-25-47(45)51)19-11-12-20-40(2)22-18-24-42(4)30-32-50-44(6)58(66)54(36-60(50,9)10)68-56(64)34-46-38-62-52-28-16-14-26-48(46)52/h11-32,37-38,53-54,61-62H,33-36H2,1-10H3/b12-11+,21-17+,22-18+,31-29+,32-30+,39-19+,40-20+,41-23+,42-24+/t53-,54-/m0/s1. The van der Waals surface area contributed by atoms with Crippen LogP contribution in [0.4, 0.5) is 0 Å². The van der Waals surface area contributed by atoms with Crippen molar-refractivity contribution in [3.63, 3.8) is 0 Å². The molecule has 2 aliphatic carbocycles. The molecule has 6 rings (SSSR count). The van der Waals surface area contributed by atoms with Gasteiger partial charge in [-0.1, -0.05) is 171 Å². The number of allylic oxidation sites excluding steroid dienone is 20. The number of benzene rings is 2. The van der Waals surface area contributed by atoms with Gasteiger partial charge in [0.25, 0.3) is 0 Å². The highest BCUT2D eigenvalue weighted by atomic mass is 16.6. The second-order valence-corrected chi connectivity index (χ2v) is 19.4. The van der Waals surface area contributed by atoms with Crippen LogP contribution in [0.2, 0.25) is 0 Å². The number of ether oxygens (including phenoxy) is 2. The first-order valence-corrected chi connectivity index (χ1v) is 23.4. The number of hydrogen-bond acceptors (Lipinski definition) is 6. The summed E-state index contributed by atoms with van der Waals surface area (Å²) in [6, 6.07) is 15.6. The molecule has 0 unspecified atom stereocenters. The molecule has 2 aromatic carbocycles. The Bertz CT molecular complexity index is 2740. The van der Waals surface area contributed by atoms with Crippen LogP contribution in [-0.2, 0) is 41.5 Å².